The lowest BCUT2D eigenvalue weighted by atomic mass is 10.2. The Labute approximate surface area is 144 Å². The van der Waals surface area contributed by atoms with Gasteiger partial charge in [-0.1, -0.05) is 36.4 Å². The van der Waals surface area contributed by atoms with E-state index in [4.69, 9.17) is 0 Å². The summed E-state index contributed by atoms with van der Waals surface area (Å²) in [6.07, 6.45) is 0. The first kappa shape index (κ1) is 16.8. The minimum Gasteiger partial charge on any atom is -0.240 e. The third-order valence-corrected chi connectivity index (χ3v) is 5.81. The fourth-order valence-electron chi connectivity index (χ4n) is 2.09. The number of thiazole rings is 1. The van der Waals surface area contributed by atoms with Gasteiger partial charge < -0.3 is 0 Å². The van der Waals surface area contributed by atoms with Gasteiger partial charge in [0.2, 0.25) is 10.0 Å². The van der Waals surface area contributed by atoms with Crippen LogP contribution in [0.3, 0.4) is 0 Å². The number of sulfonamides is 1. The van der Waals surface area contributed by atoms with Crippen LogP contribution < -0.4 is 4.72 Å². The normalized spacial score (nSPS) is 11.6. The summed E-state index contributed by atoms with van der Waals surface area (Å²) in [7, 11) is -3.78. The molecular weight excluding hydrogens is 347 g/mol. The van der Waals surface area contributed by atoms with E-state index in [0.717, 1.165) is 16.6 Å². The van der Waals surface area contributed by atoms with E-state index >= 15 is 0 Å². The van der Waals surface area contributed by atoms with E-state index in [-0.39, 0.29) is 11.4 Å². The standard InChI is InChI=1S/C17H15FN2O2S2/c1-12-7-8-15(9-16(12)18)24(21,22)19-10-14-11-23-17(20-14)13-5-3-2-4-6-13/h2-9,11,19H,10H2,1H3. The number of nitrogens with one attached hydrogen (secondary N) is 1. The monoisotopic (exact) mass is 362 g/mol. The molecule has 2 aromatic carbocycles. The predicted molar refractivity (Wildman–Crippen MR) is 92.7 cm³/mol. The maximum absolute atomic E-state index is 13.6. The van der Waals surface area contributed by atoms with Gasteiger partial charge in [-0.2, -0.15) is 0 Å². The van der Waals surface area contributed by atoms with Gasteiger partial charge in [-0.25, -0.2) is 22.5 Å². The lowest BCUT2D eigenvalue weighted by Gasteiger charge is -2.06. The van der Waals surface area contributed by atoms with Gasteiger partial charge >= 0.3 is 0 Å². The second-order valence-electron chi connectivity index (χ2n) is 5.25. The number of benzene rings is 2. The zero-order chi connectivity index (χ0) is 17.2. The molecule has 1 heterocycles. The van der Waals surface area contributed by atoms with Crippen molar-refractivity contribution in [3.05, 3.63) is 71.0 Å². The average molecular weight is 362 g/mol. The Morgan fingerprint density at radius 1 is 1.17 bits per heavy atom. The predicted octanol–water partition coefficient (Wildman–Crippen LogP) is 3.74. The number of aromatic nitrogens is 1. The topological polar surface area (TPSA) is 59.1 Å². The van der Waals surface area contributed by atoms with Gasteiger partial charge in [0.15, 0.2) is 0 Å². The van der Waals surface area contributed by atoms with E-state index in [1.165, 1.54) is 23.5 Å². The summed E-state index contributed by atoms with van der Waals surface area (Å²) < 4.78 is 40.5. The van der Waals surface area contributed by atoms with Crippen LogP contribution in [0.15, 0.2) is 58.8 Å². The molecule has 124 valence electrons. The summed E-state index contributed by atoms with van der Waals surface area (Å²) in [6, 6.07) is 13.5. The van der Waals surface area contributed by atoms with Crippen molar-refractivity contribution in [2.24, 2.45) is 0 Å². The molecule has 0 aliphatic carbocycles. The smallest absolute Gasteiger partial charge is 0.240 e. The Kier molecular flexibility index (Phi) is 4.75. The van der Waals surface area contributed by atoms with Crippen molar-refractivity contribution in [1.29, 1.82) is 0 Å². The summed E-state index contributed by atoms with van der Waals surface area (Å²) >= 11 is 1.45. The number of hydrogen-bond acceptors (Lipinski definition) is 4. The molecule has 1 N–H and O–H groups in total. The first-order valence-corrected chi connectivity index (χ1v) is 9.57. The summed E-state index contributed by atoms with van der Waals surface area (Å²) in [6.45, 7) is 1.64. The molecule has 7 heteroatoms. The fraction of sp³-hybridized carbons (Fsp3) is 0.118. The molecule has 0 amide bonds. The van der Waals surface area contributed by atoms with Crippen molar-refractivity contribution in [3.8, 4) is 10.6 Å². The van der Waals surface area contributed by atoms with Crippen LogP contribution in [0.2, 0.25) is 0 Å². The van der Waals surface area contributed by atoms with Crippen molar-refractivity contribution in [1.82, 2.24) is 9.71 Å². The number of halogens is 1. The lowest BCUT2D eigenvalue weighted by Crippen LogP contribution is -2.23. The van der Waals surface area contributed by atoms with Crippen LogP contribution in [0, 0.1) is 12.7 Å². The number of rotatable bonds is 5. The Bertz CT molecular complexity index is 954. The molecule has 0 saturated heterocycles. The largest absolute Gasteiger partial charge is 0.241 e. The van der Waals surface area contributed by atoms with E-state index in [9.17, 15) is 12.8 Å². The molecule has 1 aromatic heterocycles. The van der Waals surface area contributed by atoms with Crippen LogP contribution in [0.1, 0.15) is 11.3 Å². The first-order valence-electron chi connectivity index (χ1n) is 7.21. The summed E-state index contributed by atoms with van der Waals surface area (Å²) in [4.78, 5) is 4.33. The maximum atomic E-state index is 13.6. The van der Waals surface area contributed by atoms with Crippen molar-refractivity contribution in [2.75, 3.05) is 0 Å². The third kappa shape index (κ3) is 3.69. The van der Waals surface area contributed by atoms with Gasteiger partial charge in [0.1, 0.15) is 10.8 Å². The van der Waals surface area contributed by atoms with Crippen LogP contribution >= 0.6 is 11.3 Å². The van der Waals surface area contributed by atoms with Crippen LogP contribution in [0.4, 0.5) is 4.39 Å². The molecule has 0 aliphatic rings. The second-order valence-corrected chi connectivity index (χ2v) is 7.87. The van der Waals surface area contributed by atoms with Crippen LogP contribution in [0.25, 0.3) is 10.6 Å². The molecule has 0 bridgehead atoms. The minimum atomic E-state index is -3.78. The molecule has 0 fully saturated rings. The van der Waals surface area contributed by atoms with Gasteiger partial charge in [0.05, 0.1) is 17.1 Å². The zero-order valence-electron chi connectivity index (χ0n) is 12.9. The van der Waals surface area contributed by atoms with E-state index in [1.807, 2.05) is 30.3 Å². The van der Waals surface area contributed by atoms with Crippen molar-refractivity contribution in [3.63, 3.8) is 0 Å². The molecule has 0 atom stereocenters. The van der Waals surface area contributed by atoms with Crippen LogP contribution in [-0.4, -0.2) is 13.4 Å². The molecule has 0 spiro atoms. The number of nitrogens with zero attached hydrogens (tertiary/aromatic N) is 1. The van der Waals surface area contributed by atoms with Gasteiger partial charge in [0, 0.05) is 10.9 Å². The van der Waals surface area contributed by atoms with Gasteiger partial charge in [-0.05, 0) is 24.6 Å². The Morgan fingerprint density at radius 3 is 2.62 bits per heavy atom. The van der Waals surface area contributed by atoms with Crippen molar-refractivity contribution in [2.45, 2.75) is 18.4 Å². The minimum absolute atomic E-state index is 0.0567. The highest BCUT2D eigenvalue weighted by atomic mass is 32.2. The summed E-state index contributed by atoms with van der Waals surface area (Å²) in [5.74, 6) is -0.544. The van der Waals surface area contributed by atoms with Crippen molar-refractivity contribution < 1.29 is 12.8 Å². The van der Waals surface area contributed by atoms with Crippen molar-refractivity contribution >= 4 is 21.4 Å². The van der Waals surface area contributed by atoms with Crippen LogP contribution in [0.5, 0.6) is 0 Å². The molecule has 3 aromatic rings. The Morgan fingerprint density at radius 2 is 1.92 bits per heavy atom. The molecule has 0 radical (unpaired) electrons. The zero-order valence-corrected chi connectivity index (χ0v) is 14.5. The van der Waals surface area contributed by atoms with E-state index < -0.39 is 15.8 Å². The van der Waals surface area contributed by atoms with Gasteiger partial charge in [-0.3, -0.25) is 0 Å². The molecule has 0 aliphatic heterocycles. The van der Waals surface area contributed by atoms with E-state index in [0.29, 0.717) is 11.3 Å². The SMILES string of the molecule is Cc1ccc(S(=O)(=O)NCc2csc(-c3ccccc3)n2)cc1F. The molecule has 24 heavy (non-hydrogen) atoms. The summed E-state index contributed by atoms with van der Waals surface area (Å²) in [5, 5.41) is 2.63. The molecule has 4 nitrogen and oxygen atoms in total. The number of hydrogen-bond donors (Lipinski definition) is 1. The number of aryl methyl sites for hydroxylation is 1. The van der Waals surface area contributed by atoms with E-state index in [1.54, 1.807) is 12.3 Å². The summed E-state index contributed by atoms with van der Waals surface area (Å²) in [5.41, 5.74) is 2.01. The first-order chi connectivity index (χ1) is 11.5. The molecule has 0 unspecified atom stereocenters. The maximum Gasteiger partial charge on any atom is 0.241 e. The third-order valence-electron chi connectivity index (χ3n) is 3.47. The molecule has 0 saturated carbocycles. The quantitative estimate of drug-likeness (QED) is 0.752. The Hall–Kier alpha value is -2.09. The highest BCUT2D eigenvalue weighted by Gasteiger charge is 2.16. The fourth-order valence-corrected chi connectivity index (χ4v) is 3.93. The molecular formula is C17H15FN2O2S2. The lowest BCUT2D eigenvalue weighted by molar-refractivity contribution is 0.576. The second kappa shape index (κ2) is 6.80. The van der Waals surface area contributed by atoms with Gasteiger partial charge in [-0.15, -0.1) is 11.3 Å². The van der Waals surface area contributed by atoms with Crippen LogP contribution in [-0.2, 0) is 16.6 Å². The molecule has 3 rings (SSSR count). The van der Waals surface area contributed by atoms with Gasteiger partial charge in [0.25, 0.3) is 0 Å². The highest BCUT2D eigenvalue weighted by molar-refractivity contribution is 7.89. The van der Waals surface area contributed by atoms with E-state index in [2.05, 4.69) is 9.71 Å². The Balaban J connectivity index is 1.73. The average Bonchev–Trinajstić information content (AvgIpc) is 3.05. The highest BCUT2D eigenvalue weighted by Crippen LogP contribution is 2.23.